The van der Waals surface area contributed by atoms with Gasteiger partial charge in [-0.05, 0) is 33.3 Å². The molecule has 130 valence electrons. The van der Waals surface area contributed by atoms with Crippen LogP contribution in [-0.4, -0.2) is 46.0 Å². The van der Waals surface area contributed by atoms with Crippen molar-refractivity contribution in [1.29, 1.82) is 0 Å². The first kappa shape index (κ1) is 18.0. The Morgan fingerprint density at radius 2 is 1.96 bits per heavy atom. The van der Waals surface area contributed by atoms with Gasteiger partial charge in [0.05, 0.1) is 6.04 Å². The highest BCUT2D eigenvalue weighted by molar-refractivity contribution is 5.87. The number of piperazine rings is 1. The monoisotopic (exact) mass is 330 g/mol. The largest absolute Gasteiger partial charge is 0.444 e. The van der Waals surface area contributed by atoms with E-state index < -0.39 is 17.7 Å². The van der Waals surface area contributed by atoms with E-state index in [-0.39, 0.29) is 11.9 Å². The number of hydrogen-bond donors (Lipinski definition) is 0. The molecule has 1 aromatic carbocycles. The van der Waals surface area contributed by atoms with Gasteiger partial charge in [-0.15, -0.1) is 6.58 Å². The predicted molar refractivity (Wildman–Crippen MR) is 93.4 cm³/mol. The van der Waals surface area contributed by atoms with Gasteiger partial charge >= 0.3 is 6.09 Å². The lowest BCUT2D eigenvalue weighted by atomic mass is 10.1. The highest BCUT2D eigenvalue weighted by Gasteiger charge is 2.41. The first-order chi connectivity index (χ1) is 11.2. The highest BCUT2D eigenvalue weighted by atomic mass is 16.6. The van der Waals surface area contributed by atoms with Gasteiger partial charge in [0.2, 0.25) is 5.91 Å². The van der Waals surface area contributed by atoms with Gasteiger partial charge in [0, 0.05) is 13.1 Å². The van der Waals surface area contributed by atoms with Crippen molar-refractivity contribution in [2.75, 3.05) is 6.54 Å². The van der Waals surface area contributed by atoms with E-state index in [1.807, 2.05) is 51.1 Å². The Bertz CT molecular complexity index is 605. The normalized spacial score (nSPS) is 21.6. The number of amides is 2. The van der Waals surface area contributed by atoms with E-state index in [2.05, 4.69) is 6.58 Å². The Labute approximate surface area is 143 Å². The molecule has 1 aliphatic rings. The summed E-state index contributed by atoms with van der Waals surface area (Å²) in [6.07, 6.45) is 1.22. The molecular weight excluding hydrogens is 304 g/mol. The van der Waals surface area contributed by atoms with Crippen LogP contribution in [0.5, 0.6) is 0 Å². The molecule has 24 heavy (non-hydrogen) atoms. The zero-order valence-electron chi connectivity index (χ0n) is 14.9. The summed E-state index contributed by atoms with van der Waals surface area (Å²) < 4.78 is 5.45. The molecule has 5 nitrogen and oxygen atoms in total. The van der Waals surface area contributed by atoms with Crippen molar-refractivity contribution in [3.8, 4) is 0 Å². The lowest BCUT2D eigenvalue weighted by Gasteiger charge is -2.44. The molecule has 1 saturated heterocycles. The van der Waals surface area contributed by atoms with Crippen LogP contribution in [0, 0.1) is 0 Å². The minimum atomic E-state index is -0.604. The molecule has 0 radical (unpaired) electrons. The Kier molecular flexibility index (Phi) is 5.32. The molecule has 1 unspecified atom stereocenters. The first-order valence-corrected chi connectivity index (χ1v) is 8.19. The molecule has 0 N–H and O–H groups in total. The number of carbonyl (C=O) groups excluding carboxylic acids is 2. The van der Waals surface area contributed by atoms with Crippen LogP contribution < -0.4 is 0 Å². The Morgan fingerprint density at radius 3 is 2.50 bits per heavy atom. The van der Waals surface area contributed by atoms with Crippen molar-refractivity contribution in [1.82, 2.24) is 9.80 Å². The number of ether oxygens (including phenoxy) is 1. The molecule has 1 aliphatic heterocycles. The summed E-state index contributed by atoms with van der Waals surface area (Å²) in [5.74, 6) is -0.0807. The maximum atomic E-state index is 12.7. The fourth-order valence-corrected chi connectivity index (χ4v) is 2.82. The molecule has 0 aliphatic carbocycles. The molecule has 1 heterocycles. The first-order valence-electron chi connectivity index (χ1n) is 8.19. The van der Waals surface area contributed by atoms with Crippen LogP contribution in [0.4, 0.5) is 4.79 Å². The summed E-state index contributed by atoms with van der Waals surface area (Å²) >= 11 is 0. The van der Waals surface area contributed by atoms with Gasteiger partial charge in [-0.25, -0.2) is 4.79 Å². The van der Waals surface area contributed by atoms with Crippen molar-refractivity contribution in [2.45, 2.75) is 51.9 Å². The molecule has 2 atom stereocenters. The molecule has 2 rings (SSSR count). The van der Waals surface area contributed by atoms with E-state index in [0.29, 0.717) is 13.1 Å². The van der Waals surface area contributed by atoms with E-state index in [0.717, 1.165) is 5.56 Å². The molecule has 0 aromatic heterocycles. The van der Waals surface area contributed by atoms with Crippen LogP contribution in [0.2, 0.25) is 0 Å². The second-order valence-electron chi connectivity index (χ2n) is 7.07. The Morgan fingerprint density at radius 1 is 1.33 bits per heavy atom. The fourth-order valence-electron chi connectivity index (χ4n) is 2.82. The van der Waals surface area contributed by atoms with Gasteiger partial charge in [-0.1, -0.05) is 36.4 Å². The topological polar surface area (TPSA) is 49.9 Å². The summed E-state index contributed by atoms with van der Waals surface area (Å²) in [5.41, 5.74) is 0.457. The molecule has 5 heteroatoms. The lowest BCUT2D eigenvalue weighted by molar-refractivity contribution is -0.143. The van der Waals surface area contributed by atoms with Crippen molar-refractivity contribution in [3.05, 3.63) is 48.6 Å². The van der Waals surface area contributed by atoms with Gasteiger partial charge in [0.1, 0.15) is 11.6 Å². The van der Waals surface area contributed by atoms with Crippen LogP contribution >= 0.6 is 0 Å². The minimum absolute atomic E-state index is 0.0807. The molecule has 1 aromatic rings. The Hall–Kier alpha value is -2.30. The molecule has 0 saturated carbocycles. The number of hydrogen-bond acceptors (Lipinski definition) is 3. The minimum Gasteiger partial charge on any atom is -0.444 e. The van der Waals surface area contributed by atoms with Crippen LogP contribution in [0.15, 0.2) is 43.0 Å². The van der Waals surface area contributed by atoms with E-state index in [9.17, 15) is 9.59 Å². The zero-order chi connectivity index (χ0) is 17.9. The summed E-state index contributed by atoms with van der Waals surface area (Å²) in [7, 11) is 0. The third-order valence-electron chi connectivity index (χ3n) is 3.94. The van der Waals surface area contributed by atoms with Crippen molar-refractivity contribution >= 4 is 12.0 Å². The van der Waals surface area contributed by atoms with Crippen molar-refractivity contribution in [3.63, 3.8) is 0 Å². The van der Waals surface area contributed by atoms with E-state index in [1.165, 1.54) is 4.90 Å². The van der Waals surface area contributed by atoms with Gasteiger partial charge in [0.15, 0.2) is 0 Å². The van der Waals surface area contributed by atoms with Crippen LogP contribution in [0.3, 0.4) is 0 Å². The molecular formula is C19H26N2O3. The van der Waals surface area contributed by atoms with Crippen molar-refractivity contribution in [2.24, 2.45) is 0 Å². The number of benzene rings is 1. The van der Waals surface area contributed by atoms with Crippen LogP contribution in [0.1, 0.15) is 33.3 Å². The Balaban J connectivity index is 2.17. The van der Waals surface area contributed by atoms with Gasteiger partial charge in [-0.3, -0.25) is 9.69 Å². The van der Waals surface area contributed by atoms with E-state index in [4.69, 9.17) is 4.74 Å². The lowest BCUT2D eigenvalue weighted by Crippen LogP contribution is -2.62. The number of nitrogens with zero attached hydrogens (tertiary/aromatic N) is 2. The molecule has 2 amide bonds. The van der Waals surface area contributed by atoms with Gasteiger partial charge in [-0.2, -0.15) is 0 Å². The summed E-state index contributed by atoms with van der Waals surface area (Å²) in [4.78, 5) is 28.5. The third-order valence-corrected chi connectivity index (χ3v) is 3.94. The van der Waals surface area contributed by atoms with Crippen molar-refractivity contribution < 1.29 is 14.3 Å². The number of carbonyl (C=O) groups is 2. The summed E-state index contributed by atoms with van der Waals surface area (Å²) in [6.45, 7) is 11.9. The second-order valence-corrected chi connectivity index (χ2v) is 7.07. The quantitative estimate of drug-likeness (QED) is 0.800. The molecule has 0 spiro atoms. The standard InChI is InChI=1S/C19H26N2O3/c1-6-16-13-20(12-15-10-8-7-9-11-15)17(22)14(2)21(16)18(23)24-19(3,4)5/h6-11,14,16H,1,12-13H2,2-5H3/t14-,16?/m0/s1. The average Bonchev–Trinajstić information content (AvgIpc) is 2.50. The molecule has 0 bridgehead atoms. The zero-order valence-corrected chi connectivity index (χ0v) is 14.9. The predicted octanol–water partition coefficient (Wildman–Crippen LogP) is 3.21. The van der Waals surface area contributed by atoms with Gasteiger partial charge < -0.3 is 9.64 Å². The highest BCUT2D eigenvalue weighted by Crippen LogP contribution is 2.23. The fraction of sp³-hybridized carbons (Fsp3) is 0.474. The summed E-state index contributed by atoms with van der Waals surface area (Å²) in [5, 5.41) is 0. The van der Waals surface area contributed by atoms with E-state index >= 15 is 0 Å². The smallest absolute Gasteiger partial charge is 0.411 e. The third kappa shape index (κ3) is 4.16. The molecule has 1 fully saturated rings. The van der Waals surface area contributed by atoms with Gasteiger partial charge in [0.25, 0.3) is 0 Å². The van der Waals surface area contributed by atoms with Crippen LogP contribution in [0.25, 0.3) is 0 Å². The second kappa shape index (κ2) is 7.07. The van der Waals surface area contributed by atoms with Crippen LogP contribution in [-0.2, 0) is 16.1 Å². The average molecular weight is 330 g/mol. The SMILES string of the molecule is C=CC1CN(Cc2ccccc2)C(=O)[C@H](C)N1C(=O)OC(C)(C)C. The maximum absolute atomic E-state index is 12.7. The van der Waals surface area contributed by atoms with E-state index in [1.54, 1.807) is 17.9 Å². The summed E-state index contributed by atoms with van der Waals surface area (Å²) in [6, 6.07) is 8.97. The number of rotatable bonds is 3. The maximum Gasteiger partial charge on any atom is 0.411 e.